The fourth-order valence-electron chi connectivity index (χ4n) is 1.59. The van der Waals surface area contributed by atoms with Crippen LogP contribution in [-0.2, 0) is 0 Å². The lowest BCUT2D eigenvalue weighted by Crippen LogP contribution is -2.41. The molecule has 0 radical (unpaired) electrons. The van der Waals surface area contributed by atoms with E-state index < -0.39 is 0 Å². The maximum Gasteiger partial charge on any atom is 0.0661 e. The second kappa shape index (κ2) is 5.12. The number of hydrogen-bond acceptors (Lipinski definition) is 3. The van der Waals surface area contributed by atoms with Crippen LogP contribution in [0, 0.1) is 6.92 Å². The van der Waals surface area contributed by atoms with Gasteiger partial charge in [-0.15, -0.1) is 0 Å². The van der Waals surface area contributed by atoms with Crippen LogP contribution in [0.5, 0.6) is 0 Å². The molecular formula is C12H20N2O. The van der Waals surface area contributed by atoms with Gasteiger partial charge in [0.15, 0.2) is 0 Å². The van der Waals surface area contributed by atoms with Gasteiger partial charge < -0.3 is 10.4 Å². The molecule has 84 valence electrons. The largest absolute Gasteiger partial charge is 0.394 e. The van der Waals surface area contributed by atoms with Gasteiger partial charge in [0.1, 0.15) is 0 Å². The summed E-state index contributed by atoms with van der Waals surface area (Å²) in [4.78, 5) is 4.05. The van der Waals surface area contributed by atoms with Crippen LogP contribution in [0.2, 0.25) is 0 Å². The van der Waals surface area contributed by atoms with Crippen molar-refractivity contribution in [3.8, 4) is 0 Å². The number of pyridine rings is 1. The highest BCUT2D eigenvalue weighted by Crippen LogP contribution is 2.23. The highest BCUT2D eigenvalue weighted by molar-refractivity contribution is 5.50. The SMILES string of the molecule is CCC(CC)(CO)Nc1ccncc1C. The van der Waals surface area contributed by atoms with E-state index in [2.05, 4.69) is 24.1 Å². The first-order chi connectivity index (χ1) is 7.17. The number of rotatable bonds is 5. The first-order valence-corrected chi connectivity index (χ1v) is 5.47. The van der Waals surface area contributed by atoms with Gasteiger partial charge in [0.2, 0.25) is 0 Å². The van der Waals surface area contributed by atoms with Crippen LogP contribution < -0.4 is 5.32 Å². The molecule has 1 aromatic rings. The Balaban J connectivity index is 2.88. The zero-order valence-electron chi connectivity index (χ0n) is 9.75. The molecular weight excluding hydrogens is 188 g/mol. The van der Waals surface area contributed by atoms with Crippen LogP contribution in [0.1, 0.15) is 32.3 Å². The van der Waals surface area contributed by atoms with Gasteiger partial charge in [-0.25, -0.2) is 0 Å². The molecule has 1 heterocycles. The summed E-state index contributed by atoms with van der Waals surface area (Å²) in [5.74, 6) is 0. The highest BCUT2D eigenvalue weighted by atomic mass is 16.3. The van der Waals surface area contributed by atoms with E-state index in [0.717, 1.165) is 24.1 Å². The Morgan fingerprint density at radius 3 is 2.53 bits per heavy atom. The van der Waals surface area contributed by atoms with Crippen LogP contribution >= 0.6 is 0 Å². The molecule has 0 aliphatic carbocycles. The molecule has 0 aromatic carbocycles. The second-order valence-corrected chi connectivity index (χ2v) is 3.96. The lowest BCUT2D eigenvalue weighted by molar-refractivity contribution is 0.202. The smallest absolute Gasteiger partial charge is 0.0661 e. The van der Waals surface area contributed by atoms with E-state index in [0.29, 0.717) is 0 Å². The quantitative estimate of drug-likeness (QED) is 0.780. The normalized spacial score (nSPS) is 11.5. The van der Waals surface area contributed by atoms with E-state index in [1.807, 2.05) is 19.2 Å². The van der Waals surface area contributed by atoms with Crippen molar-refractivity contribution in [3.05, 3.63) is 24.0 Å². The summed E-state index contributed by atoms with van der Waals surface area (Å²) >= 11 is 0. The molecule has 0 atom stereocenters. The van der Waals surface area contributed by atoms with Crippen LogP contribution in [0.3, 0.4) is 0 Å². The maximum atomic E-state index is 9.45. The lowest BCUT2D eigenvalue weighted by atomic mass is 9.93. The first-order valence-electron chi connectivity index (χ1n) is 5.47. The molecule has 0 saturated carbocycles. The standard InChI is InChI=1S/C12H20N2O/c1-4-12(5-2,9-15)14-11-6-7-13-8-10(11)3/h6-8,15H,4-5,9H2,1-3H3,(H,13,14). The average molecular weight is 208 g/mol. The molecule has 0 bridgehead atoms. The maximum absolute atomic E-state index is 9.45. The minimum Gasteiger partial charge on any atom is -0.394 e. The molecule has 0 unspecified atom stereocenters. The number of aliphatic hydroxyl groups is 1. The Morgan fingerprint density at radius 1 is 1.40 bits per heavy atom. The number of aromatic nitrogens is 1. The first kappa shape index (κ1) is 12.0. The molecule has 0 amide bonds. The van der Waals surface area contributed by atoms with E-state index >= 15 is 0 Å². The summed E-state index contributed by atoms with van der Waals surface area (Å²) in [6, 6.07) is 1.95. The number of anilines is 1. The molecule has 3 nitrogen and oxygen atoms in total. The molecule has 2 N–H and O–H groups in total. The van der Waals surface area contributed by atoms with Gasteiger partial charge in [0, 0.05) is 18.1 Å². The topological polar surface area (TPSA) is 45.1 Å². The summed E-state index contributed by atoms with van der Waals surface area (Å²) in [7, 11) is 0. The molecule has 0 fully saturated rings. The van der Waals surface area contributed by atoms with Gasteiger partial charge >= 0.3 is 0 Å². The van der Waals surface area contributed by atoms with Gasteiger partial charge in [0.25, 0.3) is 0 Å². The molecule has 1 aromatic heterocycles. The third-order valence-corrected chi connectivity index (χ3v) is 3.08. The number of hydrogen-bond donors (Lipinski definition) is 2. The Kier molecular flexibility index (Phi) is 4.09. The molecule has 0 spiro atoms. The van der Waals surface area contributed by atoms with Gasteiger partial charge in [-0.3, -0.25) is 4.98 Å². The summed E-state index contributed by atoms with van der Waals surface area (Å²) in [5.41, 5.74) is 1.96. The molecule has 0 aliphatic heterocycles. The van der Waals surface area contributed by atoms with E-state index in [4.69, 9.17) is 0 Å². The zero-order chi connectivity index (χ0) is 11.3. The minimum absolute atomic E-state index is 0.155. The number of aliphatic hydroxyl groups excluding tert-OH is 1. The van der Waals surface area contributed by atoms with Crippen molar-refractivity contribution >= 4 is 5.69 Å². The summed E-state index contributed by atoms with van der Waals surface area (Å²) in [6.45, 7) is 6.34. The van der Waals surface area contributed by atoms with Crippen molar-refractivity contribution < 1.29 is 5.11 Å². The molecule has 3 heteroatoms. The Bertz CT molecular complexity index is 300. The highest BCUT2D eigenvalue weighted by Gasteiger charge is 2.24. The Hall–Kier alpha value is -1.09. The minimum atomic E-state index is -0.202. The fraction of sp³-hybridized carbons (Fsp3) is 0.583. The predicted molar refractivity (Wildman–Crippen MR) is 63.0 cm³/mol. The zero-order valence-corrected chi connectivity index (χ0v) is 9.75. The molecule has 1 rings (SSSR count). The van der Waals surface area contributed by atoms with Crippen molar-refractivity contribution in [2.75, 3.05) is 11.9 Å². The van der Waals surface area contributed by atoms with Crippen LogP contribution in [-0.4, -0.2) is 22.2 Å². The lowest BCUT2D eigenvalue weighted by Gasteiger charge is -2.32. The third kappa shape index (κ3) is 2.69. The van der Waals surface area contributed by atoms with E-state index in [1.165, 1.54) is 0 Å². The summed E-state index contributed by atoms with van der Waals surface area (Å²) in [6.07, 6.45) is 5.40. The van der Waals surface area contributed by atoms with Crippen molar-refractivity contribution in [1.29, 1.82) is 0 Å². The third-order valence-electron chi connectivity index (χ3n) is 3.08. The Morgan fingerprint density at radius 2 is 2.07 bits per heavy atom. The molecule has 15 heavy (non-hydrogen) atoms. The molecule has 0 saturated heterocycles. The monoisotopic (exact) mass is 208 g/mol. The van der Waals surface area contributed by atoms with Crippen molar-refractivity contribution in [2.24, 2.45) is 0 Å². The predicted octanol–water partition coefficient (Wildman–Crippen LogP) is 2.35. The van der Waals surface area contributed by atoms with Gasteiger partial charge in [0.05, 0.1) is 12.1 Å². The van der Waals surface area contributed by atoms with Crippen LogP contribution in [0.15, 0.2) is 18.5 Å². The van der Waals surface area contributed by atoms with Gasteiger partial charge in [-0.2, -0.15) is 0 Å². The molecule has 0 aliphatic rings. The number of nitrogens with zero attached hydrogens (tertiary/aromatic N) is 1. The van der Waals surface area contributed by atoms with Crippen molar-refractivity contribution in [3.63, 3.8) is 0 Å². The number of aryl methyl sites for hydroxylation is 1. The van der Waals surface area contributed by atoms with E-state index in [9.17, 15) is 5.11 Å². The van der Waals surface area contributed by atoms with Gasteiger partial charge in [-0.05, 0) is 31.4 Å². The summed E-state index contributed by atoms with van der Waals surface area (Å²) < 4.78 is 0. The van der Waals surface area contributed by atoms with Gasteiger partial charge in [-0.1, -0.05) is 13.8 Å². The summed E-state index contributed by atoms with van der Waals surface area (Å²) in [5, 5.41) is 12.9. The Labute approximate surface area is 91.5 Å². The van der Waals surface area contributed by atoms with E-state index in [-0.39, 0.29) is 12.1 Å². The number of nitrogens with one attached hydrogen (secondary N) is 1. The van der Waals surface area contributed by atoms with Crippen molar-refractivity contribution in [2.45, 2.75) is 39.2 Å². The fourth-order valence-corrected chi connectivity index (χ4v) is 1.59. The average Bonchev–Trinajstić information content (AvgIpc) is 2.29. The second-order valence-electron chi connectivity index (χ2n) is 3.96. The van der Waals surface area contributed by atoms with E-state index in [1.54, 1.807) is 6.20 Å². The van der Waals surface area contributed by atoms with Crippen LogP contribution in [0.25, 0.3) is 0 Å². The van der Waals surface area contributed by atoms with Crippen LogP contribution in [0.4, 0.5) is 5.69 Å². The van der Waals surface area contributed by atoms with Crippen molar-refractivity contribution in [1.82, 2.24) is 4.98 Å².